The van der Waals surface area contributed by atoms with Crippen molar-refractivity contribution in [3.05, 3.63) is 64.1 Å². The predicted molar refractivity (Wildman–Crippen MR) is 82.4 cm³/mol. The average Bonchev–Trinajstić information content (AvgIpc) is 2.42. The van der Waals surface area contributed by atoms with Gasteiger partial charge in [0.05, 0.1) is 6.61 Å². The molecule has 0 heterocycles. The molecule has 2 rings (SSSR count). The lowest BCUT2D eigenvalue weighted by molar-refractivity contribution is 0.334. The van der Waals surface area contributed by atoms with Crippen LogP contribution in [-0.2, 0) is 6.42 Å². The zero-order chi connectivity index (χ0) is 13.7. The van der Waals surface area contributed by atoms with Crippen LogP contribution >= 0.6 is 15.9 Å². The van der Waals surface area contributed by atoms with E-state index in [0.717, 1.165) is 22.2 Å². The maximum absolute atomic E-state index is 6.33. The van der Waals surface area contributed by atoms with Crippen LogP contribution in [0.1, 0.15) is 24.1 Å². The van der Waals surface area contributed by atoms with Crippen molar-refractivity contribution in [1.29, 1.82) is 0 Å². The molecule has 0 aliphatic heterocycles. The summed E-state index contributed by atoms with van der Waals surface area (Å²) >= 11 is 3.49. The molecule has 2 aromatic carbocycles. The van der Waals surface area contributed by atoms with Crippen molar-refractivity contribution >= 4 is 15.9 Å². The Bertz CT molecular complexity index is 528. The first kappa shape index (κ1) is 14.1. The normalized spacial score (nSPS) is 12.2. The first-order valence-electron chi connectivity index (χ1n) is 6.42. The molecule has 0 radical (unpaired) electrons. The van der Waals surface area contributed by atoms with E-state index in [9.17, 15) is 0 Å². The maximum Gasteiger partial charge on any atom is 0.124 e. The summed E-state index contributed by atoms with van der Waals surface area (Å²) < 4.78 is 6.67. The highest BCUT2D eigenvalue weighted by Crippen LogP contribution is 2.29. The van der Waals surface area contributed by atoms with Crippen LogP contribution < -0.4 is 10.5 Å². The van der Waals surface area contributed by atoms with E-state index in [1.807, 2.05) is 43.3 Å². The van der Waals surface area contributed by atoms with E-state index < -0.39 is 0 Å². The molecular formula is C16H18BrNO. The van der Waals surface area contributed by atoms with Crippen molar-refractivity contribution in [1.82, 2.24) is 0 Å². The highest BCUT2D eigenvalue weighted by Gasteiger charge is 2.13. The lowest BCUT2D eigenvalue weighted by Gasteiger charge is -2.17. The van der Waals surface area contributed by atoms with Crippen LogP contribution in [0.4, 0.5) is 0 Å². The molecule has 0 aromatic heterocycles. The molecule has 100 valence electrons. The quantitative estimate of drug-likeness (QED) is 0.900. The van der Waals surface area contributed by atoms with Crippen LogP contribution in [0.25, 0.3) is 0 Å². The zero-order valence-electron chi connectivity index (χ0n) is 11.0. The predicted octanol–water partition coefficient (Wildman–Crippen LogP) is 4.09. The van der Waals surface area contributed by atoms with Gasteiger partial charge in [-0.25, -0.2) is 0 Å². The Labute approximate surface area is 122 Å². The fraction of sp³-hybridized carbons (Fsp3) is 0.250. The second kappa shape index (κ2) is 6.73. The molecule has 19 heavy (non-hydrogen) atoms. The Morgan fingerprint density at radius 3 is 2.58 bits per heavy atom. The molecule has 3 heteroatoms. The number of benzene rings is 2. The number of rotatable bonds is 5. The topological polar surface area (TPSA) is 35.2 Å². The molecule has 0 saturated heterocycles. The van der Waals surface area contributed by atoms with Gasteiger partial charge in [0.15, 0.2) is 0 Å². The standard InChI is InChI=1S/C16H18BrNO/c1-2-19-16-9-8-13(17)11-14(16)15(18)10-12-6-4-3-5-7-12/h3-9,11,15H,2,10,18H2,1H3. The van der Waals surface area contributed by atoms with Crippen molar-refractivity contribution in [3.63, 3.8) is 0 Å². The summed E-state index contributed by atoms with van der Waals surface area (Å²) in [5.41, 5.74) is 8.60. The van der Waals surface area contributed by atoms with Gasteiger partial charge in [0.2, 0.25) is 0 Å². The SMILES string of the molecule is CCOc1ccc(Br)cc1C(N)Cc1ccccc1. The third kappa shape index (κ3) is 3.82. The fourth-order valence-electron chi connectivity index (χ4n) is 2.07. The molecule has 2 N–H and O–H groups in total. The lowest BCUT2D eigenvalue weighted by atomic mass is 9.99. The summed E-state index contributed by atoms with van der Waals surface area (Å²) in [6, 6.07) is 16.2. The summed E-state index contributed by atoms with van der Waals surface area (Å²) in [6.07, 6.45) is 0.803. The fourth-order valence-corrected chi connectivity index (χ4v) is 2.45. The smallest absolute Gasteiger partial charge is 0.124 e. The van der Waals surface area contributed by atoms with Gasteiger partial charge >= 0.3 is 0 Å². The van der Waals surface area contributed by atoms with E-state index in [1.54, 1.807) is 0 Å². The number of halogens is 1. The van der Waals surface area contributed by atoms with Gasteiger partial charge in [0.25, 0.3) is 0 Å². The molecule has 0 fully saturated rings. The van der Waals surface area contributed by atoms with Crippen LogP contribution in [0.5, 0.6) is 5.75 Å². The minimum Gasteiger partial charge on any atom is -0.494 e. The lowest BCUT2D eigenvalue weighted by Crippen LogP contribution is -2.15. The molecule has 0 aliphatic carbocycles. The van der Waals surface area contributed by atoms with E-state index in [2.05, 4.69) is 28.1 Å². The Kier molecular flexibility index (Phi) is 5.00. The largest absolute Gasteiger partial charge is 0.494 e. The first-order valence-corrected chi connectivity index (χ1v) is 7.21. The van der Waals surface area contributed by atoms with Crippen molar-refractivity contribution in [2.75, 3.05) is 6.61 Å². The third-order valence-corrected chi connectivity index (χ3v) is 3.46. The van der Waals surface area contributed by atoms with Crippen LogP contribution in [0.15, 0.2) is 53.0 Å². The second-order valence-corrected chi connectivity index (χ2v) is 5.33. The monoisotopic (exact) mass is 319 g/mol. The zero-order valence-corrected chi connectivity index (χ0v) is 12.6. The first-order chi connectivity index (χ1) is 9.20. The summed E-state index contributed by atoms with van der Waals surface area (Å²) in [6.45, 7) is 2.63. The van der Waals surface area contributed by atoms with E-state index in [0.29, 0.717) is 6.61 Å². The van der Waals surface area contributed by atoms with E-state index in [4.69, 9.17) is 10.5 Å². The molecule has 0 spiro atoms. The van der Waals surface area contributed by atoms with Crippen molar-refractivity contribution in [3.8, 4) is 5.75 Å². The van der Waals surface area contributed by atoms with Crippen LogP contribution in [0.3, 0.4) is 0 Å². The number of hydrogen-bond acceptors (Lipinski definition) is 2. The minimum absolute atomic E-state index is 0.0681. The molecule has 0 saturated carbocycles. The van der Waals surface area contributed by atoms with Gasteiger partial charge in [0.1, 0.15) is 5.75 Å². The van der Waals surface area contributed by atoms with Gasteiger partial charge in [-0.15, -0.1) is 0 Å². The molecule has 0 aliphatic rings. The number of hydrogen-bond donors (Lipinski definition) is 1. The van der Waals surface area contributed by atoms with Crippen LogP contribution in [-0.4, -0.2) is 6.61 Å². The molecule has 2 nitrogen and oxygen atoms in total. The van der Waals surface area contributed by atoms with Gasteiger partial charge in [-0.1, -0.05) is 46.3 Å². The highest BCUT2D eigenvalue weighted by atomic mass is 79.9. The van der Waals surface area contributed by atoms with Gasteiger partial charge in [0, 0.05) is 16.1 Å². The summed E-state index contributed by atoms with van der Waals surface area (Å²) in [5.74, 6) is 0.870. The molecule has 1 unspecified atom stereocenters. The Morgan fingerprint density at radius 2 is 1.89 bits per heavy atom. The van der Waals surface area contributed by atoms with Crippen molar-refractivity contribution in [2.24, 2.45) is 5.73 Å². The minimum atomic E-state index is -0.0681. The van der Waals surface area contributed by atoms with E-state index in [-0.39, 0.29) is 6.04 Å². The van der Waals surface area contributed by atoms with E-state index in [1.165, 1.54) is 5.56 Å². The molecule has 2 aromatic rings. The van der Waals surface area contributed by atoms with Gasteiger partial charge in [-0.3, -0.25) is 0 Å². The maximum atomic E-state index is 6.33. The Morgan fingerprint density at radius 1 is 1.16 bits per heavy atom. The molecule has 0 amide bonds. The van der Waals surface area contributed by atoms with Crippen molar-refractivity contribution < 1.29 is 4.74 Å². The van der Waals surface area contributed by atoms with Crippen LogP contribution in [0, 0.1) is 0 Å². The molecule has 1 atom stereocenters. The summed E-state index contributed by atoms with van der Waals surface area (Å²) in [5, 5.41) is 0. The summed E-state index contributed by atoms with van der Waals surface area (Å²) in [4.78, 5) is 0. The highest BCUT2D eigenvalue weighted by molar-refractivity contribution is 9.10. The summed E-state index contributed by atoms with van der Waals surface area (Å²) in [7, 11) is 0. The Hall–Kier alpha value is -1.32. The van der Waals surface area contributed by atoms with Gasteiger partial charge < -0.3 is 10.5 Å². The Balaban J connectivity index is 2.22. The van der Waals surface area contributed by atoms with Crippen molar-refractivity contribution in [2.45, 2.75) is 19.4 Å². The van der Waals surface area contributed by atoms with E-state index >= 15 is 0 Å². The third-order valence-electron chi connectivity index (χ3n) is 2.97. The number of ether oxygens (including phenoxy) is 1. The molecule has 0 bridgehead atoms. The van der Waals surface area contributed by atoms with Crippen LogP contribution in [0.2, 0.25) is 0 Å². The average molecular weight is 320 g/mol. The second-order valence-electron chi connectivity index (χ2n) is 4.41. The van der Waals surface area contributed by atoms with Gasteiger partial charge in [-0.05, 0) is 37.1 Å². The molecular weight excluding hydrogens is 302 g/mol. The number of nitrogens with two attached hydrogens (primary N) is 1. The van der Waals surface area contributed by atoms with Gasteiger partial charge in [-0.2, -0.15) is 0 Å².